The molecule has 0 amide bonds. The highest BCUT2D eigenvalue weighted by atomic mass is 16.5. The van der Waals surface area contributed by atoms with Gasteiger partial charge >= 0.3 is 5.97 Å². The van der Waals surface area contributed by atoms with Crippen LogP contribution >= 0.6 is 0 Å². The lowest BCUT2D eigenvalue weighted by Crippen LogP contribution is -2.04. The van der Waals surface area contributed by atoms with Gasteiger partial charge in [0.1, 0.15) is 5.76 Å². The van der Waals surface area contributed by atoms with E-state index in [1.165, 1.54) is 7.11 Å². The molecule has 5 heteroatoms. The van der Waals surface area contributed by atoms with Crippen molar-refractivity contribution in [2.75, 3.05) is 12.4 Å². The van der Waals surface area contributed by atoms with Crippen LogP contribution in [0.5, 0.6) is 0 Å². The van der Waals surface area contributed by atoms with Gasteiger partial charge in [0.05, 0.1) is 24.9 Å². The van der Waals surface area contributed by atoms with Crippen molar-refractivity contribution < 1.29 is 13.9 Å². The smallest absolute Gasteiger partial charge is 0.337 e. The first-order valence-corrected chi connectivity index (χ1v) is 7.01. The van der Waals surface area contributed by atoms with Crippen LogP contribution in [0.3, 0.4) is 0 Å². The number of esters is 1. The summed E-state index contributed by atoms with van der Waals surface area (Å²) < 4.78 is 10.4. The van der Waals surface area contributed by atoms with Gasteiger partial charge in [-0.25, -0.2) is 9.78 Å². The Morgan fingerprint density at radius 2 is 2.24 bits per heavy atom. The third kappa shape index (κ3) is 3.84. The summed E-state index contributed by atoms with van der Waals surface area (Å²) >= 11 is 0. The number of nitrogens with one attached hydrogen (secondary N) is 1. The van der Waals surface area contributed by atoms with E-state index in [0.717, 1.165) is 35.9 Å². The van der Waals surface area contributed by atoms with Gasteiger partial charge in [0.15, 0.2) is 5.89 Å². The molecule has 0 spiro atoms. The molecule has 1 aromatic heterocycles. The van der Waals surface area contributed by atoms with Crippen LogP contribution in [0.2, 0.25) is 0 Å². The quantitative estimate of drug-likeness (QED) is 0.826. The molecule has 112 valence electrons. The van der Waals surface area contributed by atoms with Crippen molar-refractivity contribution >= 4 is 11.7 Å². The van der Waals surface area contributed by atoms with Crippen LogP contribution in [0, 0.1) is 6.92 Å². The van der Waals surface area contributed by atoms with Gasteiger partial charge in [-0.3, -0.25) is 0 Å². The topological polar surface area (TPSA) is 64.4 Å². The molecule has 0 saturated heterocycles. The van der Waals surface area contributed by atoms with Crippen molar-refractivity contribution in [1.82, 2.24) is 4.98 Å². The molecule has 0 fully saturated rings. The fourth-order valence-electron chi connectivity index (χ4n) is 2.03. The molecule has 2 rings (SSSR count). The molecule has 0 atom stereocenters. The number of hydrogen-bond acceptors (Lipinski definition) is 5. The van der Waals surface area contributed by atoms with E-state index in [2.05, 4.69) is 17.2 Å². The second kappa shape index (κ2) is 6.92. The van der Waals surface area contributed by atoms with Crippen molar-refractivity contribution in [2.45, 2.75) is 33.2 Å². The van der Waals surface area contributed by atoms with Crippen molar-refractivity contribution in [3.05, 3.63) is 47.2 Å². The van der Waals surface area contributed by atoms with Gasteiger partial charge in [-0.15, -0.1) is 0 Å². The fraction of sp³-hybridized carbons (Fsp3) is 0.375. The maximum atomic E-state index is 11.5. The standard InChI is InChI=1S/C16H20N2O3/c1-4-6-15-18-11(2)14(21-15)10-17-13-8-5-7-12(9-13)16(19)20-3/h5,7-9,17H,4,6,10H2,1-3H3. The number of aromatic nitrogens is 1. The van der Waals surface area contributed by atoms with Crippen LogP contribution in [0.15, 0.2) is 28.7 Å². The summed E-state index contributed by atoms with van der Waals surface area (Å²) in [6.07, 6.45) is 1.85. The Hall–Kier alpha value is -2.30. The Kier molecular flexibility index (Phi) is 4.98. The van der Waals surface area contributed by atoms with Crippen molar-refractivity contribution in [1.29, 1.82) is 0 Å². The van der Waals surface area contributed by atoms with Gasteiger partial charge in [-0.2, -0.15) is 0 Å². The number of methoxy groups -OCH3 is 1. The van der Waals surface area contributed by atoms with Gasteiger partial charge < -0.3 is 14.5 Å². The molecule has 0 radical (unpaired) electrons. The zero-order chi connectivity index (χ0) is 15.2. The lowest BCUT2D eigenvalue weighted by atomic mass is 10.2. The third-order valence-electron chi connectivity index (χ3n) is 3.14. The monoisotopic (exact) mass is 288 g/mol. The second-order valence-corrected chi connectivity index (χ2v) is 4.79. The van der Waals surface area contributed by atoms with E-state index in [9.17, 15) is 4.79 Å². The molecule has 1 heterocycles. The largest absolute Gasteiger partial charge is 0.465 e. The summed E-state index contributed by atoms with van der Waals surface area (Å²) in [5.74, 6) is 1.25. The Morgan fingerprint density at radius 3 is 2.95 bits per heavy atom. The summed E-state index contributed by atoms with van der Waals surface area (Å²) in [4.78, 5) is 15.9. The number of hydrogen-bond donors (Lipinski definition) is 1. The minimum Gasteiger partial charge on any atom is -0.465 e. The van der Waals surface area contributed by atoms with Crippen LogP contribution in [0.4, 0.5) is 5.69 Å². The van der Waals surface area contributed by atoms with E-state index in [-0.39, 0.29) is 5.97 Å². The number of ether oxygens (including phenoxy) is 1. The third-order valence-corrected chi connectivity index (χ3v) is 3.14. The minimum atomic E-state index is -0.347. The van der Waals surface area contributed by atoms with E-state index in [1.807, 2.05) is 19.1 Å². The molecule has 0 unspecified atom stereocenters. The van der Waals surface area contributed by atoms with E-state index in [1.54, 1.807) is 12.1 Å². The number of rotatable bonds is 6. The van der Waals surface area contributed by atoms with Crippen LogP contribution in [-0.2, 0) is 17.7 Å². The first-order valence-electron chi connectivity index (χ1n) is 7.01. The van der Waals surface area contributed by atoms with Crippen LogP contribution in [0.1, 0.15) is 41.0 Å². The maximum Gasteiger partial charge on any atom is 0.337 e. The predicted molar refractivity (Wildman–Crippen MR) is 80.3 cm³/mol. The fourth-order valence-corrected chi connectivity index (χ4v) is 2.03. The molecule has 0 aliphatic rings. The average molecular weight is 288 g/mol. The molecule has 0 aliphatic heterocycles. The first-order chi connectivity index (χ1) is 10.1. The van der Waals surface area contributed by atoms with Crippen molar-refractivity contribution in [3.63, 3.8) is 0 Å². The van der Waals surface area contributed by atoms with Crippen molar-refractivity contribution in [2.24, 2.45) is 0 Å². The maximum absolute atomic E-state index is 11.5. The predicted octanol–water partition coefficient (Wildman–Crippen LogP) is 3.33. The molecular weight excluding hydrogens is 268 g/mol. The number of anilines is 1. The molecule has 2 aromatic rings. The molecular formula is C16H20N2O3. The van der Waals surface area contributed by atoms with Crippen LogP contribution < -0.4 is 5.32 Å². The summed E-state index contributed by atoms with van der Waals surface area (Å²) in [6.45, 7) is 4.56. The van der Waals surface area contributed by atoms with Gasteiger partial charge in [0.25, 0.3) is 0 Å². The highest BCUT2D eigenvalue weighted by molar-refractivity contribution is 5.90. The van der Waals surface area contributed by atoms with Gasteiger partial charge in [-0.05, 0) is 31.5 Å². The second-order valence-electron chi connectivity index (χ2n) is 4.79. The normalized spacial score (nSPS) is 10.4. The molecule has 1 N–H and O–H groups in total. The number of nitrogens with zero attached hydrogens (tertiary/aromatic N) is 1. The van der Waals surface area contributed by atoms with Crippen molar-refractivity contribution in [3.8, 4) is 0 Å². The Balaban J connectivity index is 2.04. The van der Waals surface area contributed by atoms with Gasteiger partial charge in [-0.1, -0.05) is 13.0 Å². The summed E-state index contributed by atoms with van der Waals surface area (Å²) in [5, 5.41) is 3.24. The molecule has 1 aromatic carbocycles. The summed E-state index contributed by atoms with van der Waals surface area (Å²) in [5.41, 5.74) is 2.25. The zero-order valence-electron chi connectivity index (χ0n) is 12.6. The lowest BCUT2D eigenvalue weighted by molar-refractivity contribution is 0.0601. The van der Waals surface area contributed by atoms with Crippen LogP contribution in [-0.4, -0.2) is 18.1 Å². The first kappa shape index (κ1) is 15.1. The summed E-state index contributed by atoms with van der Waals surface area (Å²) in [6, 6.07) is 7.18. The average Bonchev–Trinajstić information content (AvgIpc) is 2.85. The Labute approximate surface area is 124 Å². The highest BCUT2D eigenvalue weighted by Crippen LogP contribution is 2.16. The SMILES string of the molecule is CCCc1nc(C)c(CNc2cccc(C(=O)OC)c2)o1. The number of aryl methyl sites for hydroxylation is 2. The Morgan fingerprint density at radius 1 is 1.43 bits per heavy atom. The Bertz CT molecular complexity index is 620. The number of benzene rings is 1. The molecule has 21 heavy (non-hydrogen) atoms. The number of carbonyl (C=O) groups excluding carboxylic acids is 1. The van der Waals surface area contributed by atoms with E-state index in [0.29, 0.717) is 12.1 Å². The summed E-state index contributed by atoms with van der Waals surface area (Å²) in [7, 11) is 1.37. The molecule has 0 saturated carbocycles. The minimum absolute atomic E-state index is 0.347. The van der Waals surface area contributed by atoms with E-state index >= 15 is 0 Å². The van der Waals surface area contributed by atoms with E-state index < -0.39 is 0 Å². The van der Waals surface area contributed by atoms with Gasteiger partial charge in [0.2, 0.25) is 0 Å². The van der Waals surface area contributed by atoms with E-state index in [4.69, 9.17) is 9.15 Å². The zero-order valence-corrected chi connectivity index (χ0v) is 12.6. The molecule has 0 aliphatic carbocycles. The highest BCUT2D eigenvalue weighted by Gasteiger charge is 2.10. The number of carbonyl (C=O) groups is 1. The molecule has 5 nitrogen and oxygen atoms in total. The molecule has 0 bridgehead atoms. The number of oxazole rings is 1. The lowest BCUT2D eigenvalue weighted by Gasteiger charge is -2.06. The van der Waals surface area contributed by atoms with Crippen LogP contribution in [0.25, 0.3) is 0 Å². The van der Waals surface area contributed by atoms with Gasteiger partial charge in [0, 0.05) is 12.1 Å².